The number of rotatable bonds is 6. The number of carbonyl (C=O) groups is 1. The van der Waals surface area contributed by atoms with Crippen molar-refractivity contribution in [3.63, 3.8) is 0 Å². The predicted molar refractivity (Wildman–Crippen MR) is 108 cm³/mol. The maximum Gasteiger partial charge on any atom is 0.289 e. The molecule has 0 saturated carbocycles. The highest BCUT2D eigenvalue weighted by Crippen LogP contribution is 2.37. The van der Waals surface area contributed by atoms with Gasteiger partial charge in [0.05, 0.1) is 22.2 Å². The Kier molecular flexibility index (Phi) is 6.49. The zero-order valence-corrected chi connectivity index (χ0v) is 16.0. The van der Waals surface area contributed by atoms with Crippen molar-refractivity contribution in [2.24, 2.45) is 0 Å². The minimum absolute atomic E-state index is 0.0491. The van der Waals surface area contributed by atoms with Crippen LogP contribution in [0.5, 0.6) is 0 Å². The fourth-order valence-corrected chi connectivity index (χ4v) is 3.53. The van der Waals surface area contributed by atoms with Gasteiger partial charge in [0.15, 0.2) is 0 Å². The molecule has 4 nitrogen and oxygen atoms in total. The number of carbonyl (C=O) groups excluding carboxylic acids is 1. The van der Waals surface area contributed by atoms with Crippen molar-refractivity contribution >= 4 is 35.0 Å². The van der Waals surface area contributed by atoms with E-state index < -0.39 is 17.2 Å². The minimum atomic E-state index is -2.70. The molecule has 0 aliphatic carbocycles. The number of benzene rings is 2. The van der Waals surface area contributed by atoms with Crippen LogP contribution in [0.4, 0.5) is 14.5 Å². The van der Waals surface area contributed by atoms with Gasteiger partial charge >= 0.3 is 0 Å². The smallest absolute Gasteiger partial charge is 0.289 e. The van der Waals surface area contributed by atoms with Crippen LogP contribution in [0.25, 0.3) is 0 Å². The quantitative estimate of drug-likeness (QED) is 0.563. The average molecular weight is 421 g/mol. The third-order valence-corrected chi connectivity index (χ3v) is 5.16. The van der Waals surface area contributed by atoms with Crippen molar-refractivity contribution in [2.75, 3.05) is 5.32 Å². The second kappa shape index (κ2) is 9.03. The van der Waals surface area contributed by atoms with Crippen molar-refractivity contribution in [2.45, 2.75) is 17.2 Å². The number of anilines is 1. The van der Waals surface area contributed by atoms with Crippen LogP contribution in [-0.2, 0) is 6.54 Å². The first-order chi connectivity index (χ1) is 13.5. The van der Waals surface area contributed by atoms with Gasteiger partial charge in [-0.05, 0) is 29.8 Å². The second-order valence-corrected chi connectivity index (χ2v) is 7.20. The van der Waals surface area contributed by atoms with E-state index in [9.17, 15) is 18.4 Å². The predicted octanol–water partition coefficient (Wildman–Crippen LogP) is 5.12. The van der Waals surface area contributed by atoms with Crippen LogP contribution in [0.1, 0.15) is 15.9 Å². The lowest BCUT2D eigenvalue weighted by Crippen LogP contribution is -2.29. The van der Waals surface area contributed by atoms with Gasteiger partial charge in [-0.15, -0.1) is 0 Å². The summed E-state index contributed by atoms with van der Waals surface area (Å²) in [6, 6.07) is 16.8. The lowest BCUT2D eigenvalue weighted by molar-refractivity contribution is 0.102. The Morgan fingerprint density at radius 3 is 2.54 bits per heavy atom. The molecule has 1 heterocycles. The van der Waals surface area contributed by atoms with Gasteiger partial charge in [-0.25, -0.2) is 0 Å². The van der Waals surface area contributed by atoms with Gasteiger partial charge in [-0.3, -0.25) is 9.59 Å². The average Bonchev–Trinajstić information content (AvgIpc) is 2.67. The Balaban J connectivity index is 1.87. The topological polar surface area (TPSA) is 51.1 Å². The molecule has 0 bridgehead atoms. The van der Waals surface area contributed by atoms with E-state index in [0.29, 0.717) is 6.54 Å². The lowest BCUT2D eigenvalue weighted by atomic mass is 10.2. The number of thioether (sulfide) groups is 1. The first kappa shape index (κ1) is 20.1. The Labute approximate surface area is 169 Å². The summed E-state index contributed by atoms with van der Waals surface area (Å²) in [6.45, 7) is 0.310. The molecule has 1 N–H and O–H groups in total. The first-order valence-corrected chi connectivity index (χ1v) is 9.49. The molecule has 0 aliphatic heterocycles. The summed E-state index contributed by atoms with van der Waals surface area (Å²) in [6.07, 6.45) is 1.59. The molecular formula is C20H15ClF2N2O2S. The van der Waals surface area contributed by atoms with Crippen LogP contribution in [0, 0.1) is 0 Å². The first-order valence-electron chi connectivity index (χ1n) is 8.24. The number of halogens is 3. The summed E-state index contributed by atoms with van der Waals surface area (Å²) in [5.41, 5.74) is 0.466. The van der Waals surface area contributed by atoms with Crippen molar-refractivity contribution in [1.29, 1.82) is 0 Å². The Morgan fingerprint density at radius 1 is 1.07 bits per heavy atom. The molecule has 0 aliphatic rings. The number of nitrogens with one attached hydrogen (secondary N) is 1. The van der Waals surface area contributed by atoms with Gasteiger partial charge in [0.1, 0.15) is 5.56 Å². The molecule has 2 aromatic carbocycles. The SMILES string of the molecule is O=C(Nc1cccc(Cl)c1SC(F)F)c1cccn(Cc2ccccc2)c1=O. The number of alkyl halides is 2. The molecule has 0 fully saturated rings. The molecule has 0 atom stereocenters. The normalized spacial score (nSPS) is 10.9. The number of hydrogen-bond donors (Lipinski definition) is 1. The molecular weight excluding hydrogens is 406 g/mol. The van der Waals surface area contributed by atoms with E-state index in [-0.39, 0.29) is 32.9 Å². The molecule has 1 aromatic heterocycles. The van der Waals surface area contributed by atoms with Crippen LogP contribution in [0.15, 0.2) is 76.6 Å². The van der Waals surface area contributed by atoms with Crippen LogP contribution in [0.2, 0.25) is 5.02 Å². The van der Waals surface area contributed by atoms with E-state index in [2.05, 4.69) is 5.32 Å². The summed E-state index contributed by atoms with van der Waals surface area (Å²) in [5, 5.41) is 2.61. The standard InChI is InChI=1S/C20H15ClF2N2O2S/c21-15-9-4-10-16(17(15)28-20(22)23)24-18(26)14-8-5-11-25(19(14)27)12-13-6-2-1-3-7-13/h1-11,20H,12H2,(H,24,26). The molecule has 8 heteroatoms. The Bertz CT molecular complexity index is 1040. The maximum atomic E-state index is 12.8. The molecule has 28 heavy (non-hydrogen) atoms. The van der Waals surface area contributed by atoms with E-state index in [0.717, 1.165) is 5.56 Å². The van der Waals surface area contributed by atoms with Gasteiger partial charge in [0.2, 0.25) is 0 Å². The molecule has 0 spiro atoms. The second-order valence-electron chi connectivity index (χ2n) is 5.79. The number of aromatic nitrogens is 1. The summed E-state index contributed by atoms with van der Waals surface area (Å²) in [4.78, 5) is 25.4. The number of pyridine rings is 1. The summed E-state index contributed by atoms with van der Waals surface area (Å²) >= 11 is 6.21. The highest BCUT2D eigenvalue weighted by Gasteiger charge is 2.18. The van der Waals surface area contributed by atoms with Crippen LogP contribution < -0.4 is 10.9 Å². The minimum Gasteiger partial charge on any atom is -0.321 e. The van der Waals surface area contributed by atoms with Crippen LogP contribution in [0.3, 0.4) is 0 Å². The van der Waals surface area contributed by atoms with Crippen molar-refractivity contribution in [1.82, 2.24) is 4.57 Å². The molecule has 3 rings (SSSR count). The van der Waals surface area contributed by atoms with Gasteiger partial charge in [-0.1, -0.05) is 59.8 Å². The summed E-state index contributed by atoms with van der Waals surface area (Å²) in [5.74, 6) is -3.39. The van der Waals surface area contributed by atoms with Gasteiger partial charge < -0.3 is 9.88 Å². The zero-order valence-electron chi connectivity index (χ0n) is 14.4. The molecule has 0 saturated heterocycles. The van der Waals surface area contributed by atoms with E-state index >= 15 is 0 Å². The van der Waals surface area contributed by atoms with E-state index in [4.69, 9.17) is 11.6 Å². The number of amides is 1. The maximum absolute atomic E-state index is 12.8. The zero-order chi connectivity index (χ0) is 20.1. The van der Waals surface area contributed by atoms with Crippen molar-refractivity contribution in [3.05, 3.63) is 93.4 Å². The Morgan fingerprint density at radius 2 is 1.82 bits per heavy atom. The largest absolute Gasteiger partial charge is 0.321 e. The van der Waals surface area contributed by atoms with Gasteiger partial charge in [0, 0.05) is 6.20 Å². The summed E-state index contributed by atoms with van der Waals surface area (Å²) < 4.78 is 27.0. The molecule has 0 unspecified atom stereocenters. The monoisotopic (exact) mass is 420 g/mol. The van der Waals surface area contributed by atoms with Crippen LogP contribution in [-0.4, -0.2) is 16.2 Å². The third-order valence-electron chi connectivity index (χ3n) is 3.88. The van der Waals surface area contributed by atoms with Crippen molar-refractivity contribution < 1.29 is 13.6 Å². The number of hydrogen-bond acceptors (Lipinski definition) is 3. The van der Waals surface area contributed by atoms with Crippen LogP contribution >= 0.6 is 23.4 Å². The van der Waals surface area contributed by atoms with Gasteiger partial charge in [-0.2, -0.15) is 8.78 Å². The third kappa shape index (κ3) is 4.79. The highest BCUT2D eigenvalue weighted by molar-refractivity contribution is 7.99. The van der Waals surface area contributed by atoms with E-state index in [1.54, 1.807) is 12.3 Å². The highest BCUT2D eigenvalue weighted by atomic mass is 35.5. The molecule has 1 amide bonds. The van der Waals surface area contributed by atoms with E-state index in [1.165, 1.54) is 28.8 Å². The molecule has 144 valence electrons. The van der Waals surface area contributed by atoms with Gasteiger partial charge in [0.25, 0.3) is 17.2 Å². The Hall–Kier alpha value is -2.64. The summed E-state index contributed by atoms with van der Waals surface area (Å²) in [7, 11) is 0. The lowest BCUT2D eigenvalue weighted by Gasteiger charge is -2.13. The fourth-order valence-electron chi connectivity index (χ4n) is 2.62. The fraction of sp³-hybridized carbons (Fsp3) is 0.100. The molecule has 3 aromatic rings. The molecule has 0 radical (unpaired) electrons. The van der Waals surface area contributed by atoms with E-state index in [1.807, 2.05) is 30.3 Å². The van der Waals surface area contributed by atoms with Crippen molar-refractivity contribution in [3.8, 4) is 0 Å². The number of nitrogens with zero attached hydrogens (tertiary/aromatic N) is 1.